The zero-order valence-corrected chi connectivity index (χ0v) is 10.6. The first-order valence-electron chi connectivity index (χ1n) is 4.54. The summed E-state index contributed by atoms with van der Waals surface area (Å²) >= 11 is 8.64. The Morgan fingerprint density at radius 2 is 1.81 bits per heavy atom. The second-order valence-electron chi connectivity index (χ2n) is 2.91. The van der Waals surface area contributed by atoms with Gasteiger partial charge in [-0.1, -0.05) is 15.9 Å². The van der Waals surface area contributed by atoms with Gasteiger partial charge in [0.05, 0.1) is 0 Å². The van der Waals surface area contributed by atoms with Crippen LogP contribution in [0.5, 0.6) is 0 Å². The van der Waals surface area contributed by atoms with E-state index in [1.54, 1.807) is 24.3 Å². The lowest BCUT2D eigenvalue weighted by molar-refractivity contribution is -0.136. The van der Waals surface area contributed by atoms with Crippen LogP contribution in [0.3, 0.4) is 0 Å². The molecule has 0 heterocycles. The average Bonchev–Trinajstić information content (AvgIpc) is 2.29. The van der Waals surface area contributed by atoms with Gasteiger partial charge in [-0.3, -0.25) is 9.59 Å². The van der Waals surface area contributed by atoms with E-state index in [4.69, 9.17) is 11.6 Å². The number of hydrogen-bond acceptors (Lipinski definition) is 2. The van der Waals surface area contributed by atoms with Gasteiger partial charge in [-0.05, 0) is 24.3 Å². The van der Waals surface area contributed by atoms with E-state index < -0.39 is 11.8 Å². The molecule has 0 aliphatic rings. The van der Waals surface area contributed by atoms with Crippen LogP contribution in [-0.2, 0) is 9.59 Å². The molecule has 0 saturated heterocycles. The highest BCUT2D eigenvalue weighted by molar-refractivity contribution is 9.10. The van der Waals surface area contributed by atoms with Crippen molar-refractivity contribution in [3.8, 4) is 0 Å². The van der Waals surface area contributed by atoms with Gasteiger partial charge < -0.3 is 10.6 Å². The predicted octanol–water partition coefficient (Wildman–Crippen LogP) is 1.74. The molecule has 1 aromatic carbocycles. The number of nitrogens with one attached hydrogen (secondary N) is 2. The van der Waals surface area contributed by atoms with Crippen LogP contribution in [0, 0.1) is 0 Å². The maximum Gasteiger partial charge on any atom is 0.313 e. The standard InChI is InChI=1S/C10H10BrClN2O2/c11-7-1-3-8(4-2-7)14-10(16)9(15)13-6-5-12/h1-4H,5-6H2,(H,13,15)(H,14,16). The normalized spacial score (nSPS) is 9.62. The first-order chi connectivity index (χ1) is 7.63. The van der Waals surface area contributed by atoms with Crippen molar-refractivity contribution in [3.05, 3.63) is 28.7 Å². The zero-order chi connectivity index (χ0) is 12.0. The molecule has 0 aromatic heterocycles. The molecule has 0 atom stereocenters. The lowest BCUT2D eigenvalue weighted by Crippen LogP contribution is -2.36. The Morgan fingerprint density at radius 3 is 2.38 bits per heavy atom. The highest BCUT2D eigenvalue weighted by Crippen LogP contribution is 2.13. The highest BCUT2D eigenvalue weighted by atomic mass is 79.9. The molecule has 1 rings (SSSR count). The summed E-state index contributed by atoms with van der Waals surface area (Å²) in [4.78, 5) is 22.5. The molecule has 0 unspecified atom stereocenters. The Labute approximate surface area is 106 Å². The lowest BCUT2D eigenvalue weighted by Gasteiger charge is -2.05. The second kappa shape index (κ2) is 6.50. The number of carbonyl (C=O) groups is 2. The summed E-state index contributed by atoms with van der Waals surface area (Å²) in [6, 6.07) is 6.92. The van der Waals surface area contributed by atoms with Gasteiger partial charge >= 0.3 is 11.8 Å². The fraction of sp³-hybridized carbons (Fsp3) is 0.200. The summed E-state index contributed by atoms with van der Waals surface area (Å²) in [5.41, 5.74) is 0.564. The third-order valence-corrected chi connectivity index (χ3v) is 2.41. The molecule has 0 bridgehead atoms. The molecule has 16 heavy (non-hydrogen) atoms. The van der Waals surface area contributed by atoms with Crippen molar-refractivity contribution in [2.75, 3.05) is 17.7 Å². The quantitative estimate of drug-likeness (QED) is 0.660. The number of carbonyl (C=O) groups excluding carboxylic acids is 2. The van der Waals surface area contributed by atoms with Crippen LogP contribution in [0.1, 0.15) is 0 Å². The Hall–Kier alpha value is -1.07. The van der Waals surface area contributed by atoms with Crippen molar-refractivity contribution in [1.29, 1.82) is 0 Å². The zero-order valence-electron chi connectivity index (χ0n) is 8.30. The number of hydrogen-bond donors (Lipinski definition) is 2. The topological polar surface area (TPSA) is 58.2 Å². The van der Waals surface area contributed by atoms with Crippen molar-refractivity contribution in [2.45, 2.75) is 0 Å². The van der Waals surface area contributed by atoms with Crippen LogP contribution in [0.2, 0.25) is 0 Å². The molecule has 0 radical (unpaired) electrons. The number of amides is 2. The minimum atomic E-state index is -0.701. The average molecular weight is 306 g/mol. The van der Waals surface area contributed by atoms with Crippen LogP contribution in [-0.4, -0.2) is 24.2 Å². The minimum Gasteiger partial charge on any atom is -0.347 e. The third-order valence-electron chi connectivity index (χ3n) is 1.69. The van der Waals surface area contributed by atoms with E-state index in [-0.39, 0.29) is 12.4 Å². The van der Waals surface area contributed by atoms with Crippen molar-refractivity contribution in [2.24, 2.45) is 0 Å². The van der Waals surface area contributed by atoms with Crippen molar-refractivity contribution in [3.63, 3.8) is 0 Å². The van der Waals surface area contributed by atoms with Gasteiger partial charge in [0.15, 0.2) is 0 Å². The molecule has 4 nitrogen and oxygen atoms in total. The maximum absolute atomic E-state index is 11.3. The number of alkyl halides is 1. The van der Waals surface area contributed by atoms with Gasteiger partial charge in [0, 0.05) is 22.6 Å². The summed E-state index contributed by atoms with van der Waals surface area (Å²) < 4.78 is 0.900. The second-order valence-corrected chi connectivity index (χ2v) is 4.20. The summed E-state index contributed by atoms with van der Waals surface area (Å²) in [5, 5.41) is 4.83. The van der Waals surface area contributed by atoms with Crippen LogP contribution in [0.25, 0.3) is 0 Å². The molecular formula is C10H10BrClN2O2. The molecule has 1 aromatic rings. The molecule has 2 N–H and O–H groups in total. The van der Waals surface area contributed by atoms with Crippen LogP contribution >= 0.6 is 27.5 Å². The molecule has 2 amide bonds. The van der Waals surface area contributed by atoms with Crippen molar-refractivity contribution >= 4 is 45.0 Å². The number of anilines is 1. The molecule has 86 valence electrons. The van der Waals surface area contributed by atoms with E-state index in [1.165, 1.54) is 0 Å². The van der Waals surface area contributed by atoms with Gasteiger partial charge in [0.25, 0.3) is 0 Å². The van der Waals surface area contributed by atoms with Crippen molar-refractivity contribution in [1.82, 2.24) is 5.32 Å². The summed E-state index contributed by atoms with van der Waals surface area (Å²) in [6.45, 7) is 0.272. The monoisotopic (exact) mass is 304 g/mol. The van der Waals surface area contributed by atoms with E-state index in [0.29, 0.717) is 5.69 Å². The number of benzene rings is 1. The van der Waals surface area contributed by atoms with Crippen molar-refractivity contribution < 1.29 is 9.59 Å². The molecule has 0 aliphatic heterocycles. The Balaban J connectivity index is 2.51. The van der Waals surface area contributed by atoms with Crippen LogP contribution in [0.15, 0.2) is 28.7 Å². The first-order valence-corrected chi connectivity index (χ1v) is 5.87. The van der Waals surface area contributed by atoms with Crippen LogP contribution < -0.4 is 10.6 Å². The minimum absolute atomic E-state index is 0.272. The fourth-order valence-corrected chi connectivity index (χ4v) is 1.32. The smallest absolute Gasteiger partial charge is 0.313 e. The van der Waals surface area contributed by atoms with E-state index >= 15 is 0 Å². The third kappa shape index (κ3) is 4.20. The van der Waals surface area contributed by atoms with Gasteiger partial charge in [0.1, 0.15) is 0 Å². The summed E-state index contributed by atoms with van der Waals surface area (Å²) in [6.07, 6.45) is 0. The van der Waals surface area contributed by atoms with E-state index in [0.717, 1.165) is 4.47 Å². The summed E-state index contributed by atoms with van der Waals surface area (Å²) in [5.74, 6) is -1.12. The molecule has 6 heteroatoms. The van der Waals surface area contributed by atoms with Gasteiger partial charge in [-0.25, -0.2) is 0 Å². The maximum atomic E-state index is 11.3. The molecule has 0 aliphatic carbocycles. The molecule has 0 fully saturated rings. The number of rotatable bonds is 3. The SMILES string of the molecule is O=C(NCCCl)C(=O)Nc1ccc(Br)cc1. The fourth-order valence-electron chi connectivity index (χ4n) is 0.962. The first kappa shape index (κ1) is 13.0. The summed E-state index contributed by atoms with van der Waals surface area (Å²) in [7, 11) is 0. The Kier molecular flexibility index (Phi) is 5.28. The van der Waals surface area contributed by atoms with E-state index in [9.17, 15) is 9.59 Å². The predicted molar refractivity (Wildman–Crippen MR) is 66.5 cm³/mol. The van der Waals surface area contributed by atoms with E-state index in [2.05, 4.69) is 26.6 Å². The molecule has 0 saturated carbocycles. The largest absolute Gasteiger partial charge is 0.347 e. The van der Waals surface area contributed by atoms with Crippen LogP contribution in [0.4, 0.5) is 5.69 Å². The Morgan fingerprint density at radius 1 is 1.19 bits per heavy atom. The van der Waals surface area contributed by atoms with Gasteiger partial charge in [-0.2, -0.15) is 0 Å². The van der Waals surface area contributed by atoms with Gasteiger partial charge in [-0.15, -0.1) is 11.6 Å². The Bertz CT molecular complexity index is 381. The highest BCUT2D eigenvalue weighted by Gasteiger charge is 2.12. The number of halogens is 2. The lowest BCUT2D eigenvalue weighted by atomic mass is 10.3. The van der Waals surface area contributed by atoms with E-state index in [1.807, 2.05) is 0 Å². The molecule has 0 spiro atoms. The molecular weight excluding hydrogens is 295 g/mol. The van der Waals surface area contributed by atoms with Gasteiger partial charge in [0.2, 0.25) is 0 Å².